The van der Waals surface area contributed by atoms with E-state index in [1.165, 1.54) is 12.0 Å². The lowest BCUT2D eigenvalue weighted by Gasteiger charge is -2.31. The molecule has 0 amide bonds. The highest BCUT2D eigenvalue weighted by molar-refractivity contribution is 5.03. The molecule has 0 bridgehead atoms. The van der Waals surface area contributed by atoms with Gasteiger partial charge in [0.15, 0.2) is 0 Å². The van der Waals surface area contributed by atoms with Crippen LogP contribution in [0.4, 0.5) is 0 Å². The van der Waals surface area contributed by atoms with Crippen molar-refractivity contribution in [1.82, 2.24) is 15.1 Å². The normalized spacial score (nSPS) is 24.7. The molecule has 2 heterocycles. The number of rotatable bonds is 5. The van der Waals surface area contributed by atoms with Gasteiger partial charge in [0, 0.05) is 38.0 Å². The predicted octanol–water partition coefficient (Wildman–Crippen LogP) is 2.10. The smallest absolute Gasteiger partial charge is 0.0592 e. The molecule has 1 N–H and O–H groups in total. The molecule has 2 atom stereocenters. The second-order valence-electron chi connectivity index (χ2n) is 5.75. The van der Waals surface area contributed by atoms with Crippen molar-refractivity contribution in [3.05, 3.63) is 18.0 Å². The zero-order valence-electron chi connectivity index (χ0n) is 11.7. The number of hydrogen-bond donors (Lipinski definition) is 1. The summed E-state index contributed by atoms with van der Waals surface area (Å²) in [5.74, 6) is 0.715. The second-order valence-corrected chi connectivity index (χ2v) is 5.75. The summed E-state index contributed by atoms with van der Waals surface area (Å²) in [6.45, 7) is 6.32. The average molecular weight is 251 g/mol. The van der Waals surface area contributed by atoms with Crippen molar-refractivity contribution >= 4 is 0 Å². The van der Waals surface area contributed by atoms with Crippen molar-refractivity contribution in [2.24, 2.45) is 13.0 Å². The third-order valence-corrected chi connectivity index (χ3v) is 3.45. The molecule has 0 aliphatic carbocycles. The van der Waals surface area contributed by atoms with Crippen LogP contribution in [0.2, 0.25) is 0 Å². The standard InChI is InChI=1S/C14H25N3O/c1-11(2)6-14-7-13(4-5-18-14)15-8-12-9-16-17(3)10-12/h9-11,13-15H,4-8H2,1-3H3/t13-,14+/m0/s1. The Morgan fingerprint density at radius 3 is 3.06 bits per heavy atom. The Kier molecular flexibility index (Phi) is 4.78. The average Bonchev–Trinajstić information content (AvgIpc) is 2.72. The Bertz CT molecular complexity index is 362. The van der Waals surface area contributed by atoms with Gasteiger partial charge in [-0.25, -0.2) is 0 Å². The van der Waals surface area contributed by atoms with Crippen LogP contribution in [0.5, 0.6) is 0 Å². The zero-order valence-corrected chi connectivity index (χ0v) is 11.7. The van der Waals surface area contributed by atoms with Crippen LogP contribution in [0.25, 0.3) is 0 Å². The summed E-state index contributed by atoms with van der Waals surface area (Å²) < 4.78 is 7.67. The van der Waals surface area contributed by atoms with Crippen LogP contribution in [0.1, 0.15) is 38.7 Å². The third kappa shape index (κ3) is 4.10. The van der Waals surface area contributed by atoms with E-state index in [0.29, 0.717) is 18.1 Å². The van der Waals surface area contributed by atoms with E-state index < -0.39 is 0 Å². The number of aromatic nitrogens is 2. The zero-order chi connectivity index (χ0) is 13.0. The number of hydrogen-bond acceptors (Lipinski definition) is 3. The van der Waals surface area contributed by atoms with E-state index in [4.69, 9.17) is 4.74 Å². The fraction of sp³-hybridized carbons (Fsp3) is 0.786. The third-order valence-electron chi connectivity index (χ3n) is 3.45. The molecule has 18 heavy (non-hydrogen) atoms. The van der Waals surface area contributed by atoms with Crippen molar-refractivity contribution in [3.8, 4) is 0 Å². The van der Waals surface area contributed by atoms with E-state index in [9.17, 15) is 0 Å². The van der Waals surface area contributed by atoms with Gasteiger partial charge in [0.2, 0.25) is 0 Å². The van der Waals surface area contributed by atoms with Crippen LogP contribution in [-0.2, 0) is 18.3 Å². The summed E-state index contributed by atoms with van der Waals surface area (Å²) in [5, 5.41) is 7.81. The Morgan fingerprint density at radius 2 is 2.39 bits per heavy atom. The highest BCUT2D eigenvalue weighted by Crippen LogP contribution is 2.20. The van der Waals surface area contributed by atoms with E-state index in [1.54, 1.807) is 0 Å². The largest absolute Gasteiger partial charge is 0.378 e. The molecule has 102 valence electrons. The van der Waals surface area contributed by atoms with Crippen molar-refractivity contribution < 1.29 is 4.74 Å². The fourth-order valence-corrected chi connectivity index (χ4v) is 2.58. The maximum atomic E-state index is 5.82. The summed E-state index contributed by atoms with van der Waals surface area (Å²) >= 11 is 0. The summed E-state index contributed by atoms with van der Waals surface area (Å²) in [7, 11) is 1.95. The second kappa shape index (κ2) is 6.34. The Balaban J connectivity index is 1.75. The van der Waals surface area contributed by atoms with E-state index in [0.717, 1.165) is 26.0 Å². The van der Waals surface area contributed by atoms with Crippen LogP contribution >= 0.6 is 0 Å². The first-order valence-corrected chi connectivity index (χ1v) is 6.96. The Hall–Kier alpha value is -0.870. The molecule has 1 aromatic heterocycles. The van der Waals surface area contributed by atoms with Gasteiger partial charge in [-0.05, 0) is 25.2 Å². The number of nitrogens with zero attached hydrogens (tertiary/aromatic N) is 2. The van der Waals surface area contributed by atoms with Gasteiger partial charge >= 0.3 is 0 Å². The van der Waals surface area contributed by atoms with Crippen LogP contribution in [-0.4, -0.2) is 28.5 Å². The van der Waals surface area contributed by atoms with Gasteiger partial charge in [0.05, 0.1) is 12.3 Å². The van der Waals surface area contributed by atoms with Gasteiger partial charge in [-0.3, -0.25) is 4.68 Å². The van der Waals surface area contributed by atoms with Gasteiger partial charge in [0.25, 0.3) is 0 Å². The minimum Gasteiger partial charge on any atom is -0.378 e. The molecule has 4 nitrogen and oxygen atoms in total. The van der Waals surface area contributed by atoms with E-state index in [1.807, 2.05) is 17.9 Å². The topological polar surface area (TPSA) is 39.1 Å². The Labute approximate surface area is 110 Å². The van der Waals surface area contributed by atoms with E-state index in [2.05, 4.69) is 30.5 Å². The van der Waals surface area contributed by atoms with Crippen molar-refractivity contribution in [2.45, 2.75) is 51.8 Å². The number of ether oxygens (including phenoxy) is 1. The molecule has 1 aliphatic rings. The lowest BCUT2D eigenvalue weighted by atomic mass is 9.96. The lowest BCUT2D eigenvalue weighted by molar-refractivity contribution is -0.00957. The van der Waals surface area contributed by atoms with Crippen LogP contribution in [0.3, 0.4) is 0 Å². The monoisotopic (exact) mass is 251 g/mol. The van der Waals surface area contributed by atoms with Gasteiger partial charge in [-0.15, -0.1) is 0 Å². The highest BCUT2D eigenvalue weighted by atomic mass is 16.5. The molecule has 0 radical (unpaired) electrons. The van der Waals surface area contributed by atoms with Gasteiger partial charge in [-0.1, -0.05) is 13.8 Å². The SMILES string of the molecule is CC(C)C[C@@H]1C[C@@H](NCc2cnn(C)c2)CCO1. The quantitative estimate of drug-likeness (QED) is 0.871. The number of nitrogens with one attached hydrogen (secondary N) is 1. The number of aryl methyl sites for hydroxylation is 1. The molecule has 4 heteroatoms. The van der Waals surface area contributed by atoms with E-state index >= 15 is 0 Å². The molecular formula is C14H25N3O. The predicted molar refractivity (Wildman–Crippen MR) is 72.3 cm³/mol. The van der Waals surface area contributed by atoms with Crippen LogP contribution < -0.4 is 5.32 Å². The molecule has 0 aromatic carbocycles. The molecule has 0 saturated carbocycles. The summed E-state index contributed by atoms with van der Waals surface area (Å²) in [6, 6.07) is 0.586. The molecule has 1 saturated heterocycles. The Morgan fingerprint density at radius 1 is 1.56 bits per heavy atom. The van der Waals surface area contributed by atoms with Gasteiger partial charge in [0.1, 0.15) is 0 Å². The first kappa shape index (κ1) is 13.6. The van der Waals surface area contributed by atoms with Gasteiger partial charge < -0.3 is 10.1 Å². The molecule has 0 spiro atoms. The van der Waals surface area contributed by atoms with Crippen molar-refractivity contribution in [1.29, 1.82) is 0 Å². The molecular weight excluding hydrogens is 226 g/mol. The summed E-state index contributed by atoms with van der Waals surface area (Å²) in [4.78, 5) is 0. The van der Waals surface area contributed by atoms with Crippen molar-refractivity contribution in [3.63, 3.8) is 0 Å². The van der Waals surface area contributed by atoms with Crippen LogP contribution in [0.15, 0.2) is 12.4 Å². The fourth-order valence-electron chi connectivity index (χ4n) is 2.58. The summed E-state index contributed by atoms with van der Waals surface area (Å²) in [6.07, 6.45) is 7.86. The molecule has 1 aliphatic heterocycles. The molecule has 1 fully saturated rings. The molecule has 1 aromatic rings. The highest BCUT2D eigenvalue weighted by Gasteiger charge is 2.22. The van der Waals surface area contributed by atoms with E-state index in [-0.39, 0.29) is 0 Å². The molecule has 0 unspecified atom stereocenters. The maximum absolute atomic E-state index is 5.82. The van der Waals surface area contributed by atoms with Crippen LogP contribution in [0, 0.1) is 5.92 Å². The minimum absolute atomic E-state index is 0.435. The van der Waals surface area contributed by atoms with Gasteiger partial charge in [-0.2, -0.15) is 5.10 Å². The lowest BCUT2D eigenvalue weighted by Crippen LogP contribution is -2.39. The molecule has 2 rings (SSSR count). The minimum atomic E-state index is 0.435. The summed E-state index contributed by atoms with van der Waals surface area (Å²) in [5.41, 5.74) is 1.25. The first-order valence-electron chi connectivity index (χ1n) is 6.96. The first-order chi connectivity index (χ1) is 8.63. The maximum Gasteiger partial charge on any atom is 0.0592 e. The van der Waals surface area contributed by atoms with Crippen molar-refractivity contribution in [2.75, 3.05) is 6.61 Å².